The molecule has 0 aliphatic rings. The van der Waals surface area contributed by atoms with Crippen molar-refractivity contribution in [1.29, 1.82) is 0 Å². The van der Waals surface area contributed by atoms with E-state index in [4.69, 9.17) is 0 Å². The van der Waals surface area contributed by atoms with Gasteiger partial charge in [-0.1, -0.05) is 13.3 Å². The Morgan fingerprint density at radius 3 is 2.94 bits per heavy atom. The third-order valence-corrected chi connectivity index (χ3v) is 4.03. The maximum atomic E-state index is 11.5. The van der Waals surface area contributed by atoms with E-state index in [9.17, 15) is 4.79 Å². The van der Waals surface area contributed by atoms with Crippen LogP contribution in [-0.2, 0) is 11.3 Å². The first-order valence-corrected chi connectivity index (χ1v) is 7.52. The Morgan fingerprint density at radius 1 is 1.59 bits per heavy atom. The summed E-state index contributed by atoms with van der Waals surface area (Å²) in [5.74, 6) is 0.0709. The minimum Gasteiger partial charge on any atom is -0.353 e. The predicted molar refractivity (Wildman–Crippen MR) is 76.2 cm³/mol. The molecule has 96 valence electrons. The highest BCUT2D eigenvalue weighted by molar-refractivity contribution is 9.10. The molecule has 0 aliphatic heterocycles. The molecule has 1 aromatic heterocycles. The number of hydrogen-bond donors (Lipinski definition) is 2. The van der Waals surface area contributed by atoms with Crippen molar-refractivity contribution in [3.63, 3.8) is 0 Å². The molecule has 1 unspecified atom stereocenters. The average molecular weight is 319 g/mol. The molecule has 2 N–H and O–H groups in total. The zero-order chi connectivity index (χ0) is 12.7. The van der Waals surface area contributed by atoms with E-state index in [1.807, 2.05) is 12.3 Å². The Morgan fingerprint density at radius 2 is 2.35 bits per heavy atom. The van der Waals surface area contributed by atoms with Gasteiger partial charge in [-0.2, -0.15) is 0 Å². The molecule has 1 rings (SSSR count). The van der Waals surface area contributed by atoms with Gasteiger partial charge in [-0.3, -0.25) is 4.79 Å². The van der Waals surface area contributed by atoms with Crippen molar-refractivity contribution in [2.75, 3.05) is 6.54 Å². The molecule has 17 heavy (non-hydrogen) atoms. The highest BCUT2D eigenvalue weighted by Gasteiger charge is 2.06. The summed E-state index contributed by atoms with van der Waals surface area (Å²) >= 11 is 5.09. The van der Waals surface area contributed by atoms with E-state index in [-0.39, 0.29) is 11.9 Å². The summed E-state index contributed by atoms with van der Waals surface area (Å²) in [5, 5.41) is 8.15. The monoisotopic (exact) mass is 318 g/mol. The fraction of sp³-hybridized carbons (Fsp3) is 0.583. The first-order valence-electron chi connectivity index (χ1n) is 5.84. The van der Waals surface area contributed by atoms with Crippen LogP contribution in [0.1, 0.15) is 31.6 Å². The molecule has 0 spiro atoms. The first-order chi connectivity index (χ1) is 8.11. The second kappa shape index (κ2) is 7.84. The number of thiophene rings is 1. The molecule has 1 heterocycles. The van der Waals surface area contributed by atoms with Crippen LogP contribution in [0.3, 0.4) is 0 Å². The van der Waals surface area contributed by atoms with Gasteiger partial charge in [0.15, 0.2) is 0 Å². The lowest BCUT2D eigenvalue weighted by Gasteiger charge is -2.12. The molecular weight excluding hydrogens is 300 g/mol. The summed E-state index contributed by atoms with van der Waals surface area (Å²) in [6, 6.07) is 2.33. The van der Waals surface area contributed by atoms with Crippen LogP contribution in [0.15, 0.2) is 15.9 Å². The molecule has 3 nitrogen and oxygen atoms in total. The maximum absolute atomic E-state index is 11.5. The Balaban J connectivity index is 2.16. The number of halogens is 1. The second-order valence-corrected chi connectivity index (χ2v) is 6.00. The Hall–Kier alpha value is -0.390. The molecule has 1 amide bonds. The van der Waals surface area contributed by atoms with Crippen molar-refractivity contribution < 1.29 is 4.79 Å². The van der Waals surface area contributed by atoms with Gasteiger partial charge in [-0.25, -0.2) is 0 Å². The van der Waals surface area contributed by atoms with Gasteiger partial charge in [0, 0.05) is 27.3 Å². The smallest absolute Gasteiger partial charge is 0.234 e. The molecule has 1 aromatic rings. The van der Waals surface area contributed by atoms with Crippen molar-refractivity contribution in [3.05, 3.63) is 20.8 Å². The highest BCUT2D eigenvalue weighted by atomic mass is 79.9. The molecule has 0 radical (unpaired) electrons. The van der Waals surface area contributed by atoms with Gasteiger partial charge < -0.3 is 10.6 Å². The second-order valence-electron chi connectivity index (χ2n) is 4.09. The topological polar surface area (TPSA) is 41.1 Å². The SMILES string of the molecule is CCCC(C)NC(=O)CNCc1cc(Br)cs1. The zero-order valence-corrected chi connectivity index (χ0v) is 12.7. The van der Waals surface area contributed by atoms with Crippen LogP contribution in [0, 0.1) is 0 Å². The standard InChI is InChI=1S/C12H19BrN2OS/c1-3-4-9(2)15-12(16)7-14-6-11-5-10(13)8-17-11/h5,8-9,14H,3-4,6-7H2,1-2H3,(H,15,16). The first kappa shape index (κ1) is 14.7. The molecule has 0 fully saturated rings. The van der Waals surface area contributed by atoms with Crippen molar-refractivity contribution >= 4 is 33.2 Å². The van der Waals surface area contributed by atoms with Crippen LogP contribution >= 0.6 is 27.3 Å². The summed E-state index contributed by atoms with van der Waals surface area (Å²) in [7, 11) is 0. The normalized spacial score (nSPS) is 12.4. The summed E-state index contributed by atoms with van der Waals surface area (Å²) in [6.45, 7) is 5.28. The quantitative estimate of drug-likeness (QED) is 0.811. The van der Waals surface area contributed by atoms with Crippen molar-refractivity contribution in [1.82, 2.24) is 10.6 Å². The summed E-state index contributed by atoms with van der Waals surface area (Å²) in [4.78, 5) is 12.8. The van der Waals surface area contributed by atoms with Gasteiger partial charge in [0.25, 0.3) is 0 Å². The number of carbonyl (C=O) groups excluding carboxylic acids is 1. The zero-order valence-electron chi connectivity index (χ0n) is 10.3. The van der Waals surface area contributed by atoms with Gasteiger partial charge in [-0.05, 0) is 35.3 Å². The van der Waals surface area contributed by atoms with E-state index in [1.54, 1.807) is 11.3 Å². The third-order valence-electron chi connectivity index (χ3n) is 2.34. The number of rotatable bonds is 7. The van der Waals surface area contributed by atoms with Gasteiger partial charge in [-0.15, -0.1) is 11.3 Å². The van der Waals surface area contributed by atoms with Crippen molar-refractivity contribution in [2.24, 2.45) is 0 Å². The van der Waals surface area contributed by atoms with Crippen LogP contribution < -0.4 is 10.6 Å². The van der Waals surface area contributed by atoms with E-state index < -0.39 is 0 Å². The molecule has 0 bridgehead atoms. The lowest BCUT2D eigenvalue weighted by atomic mass is 10.2. The lowest BCUT2D eigenvalue weighted by molar-refractivity contribution is -0.120. The van der Waals surface area contributed by atoms with Crippen LogP contribution in [0.25, 0.3) is 0 Å². The van der Waals surface area contributed by atoms with E-state index in [2.05, 4.69) is 39.6 Å². The molecule has 1 atom stereocenters. The molecule has 0 aliphatic carbocycles. The van der Waals surface area contributed by atoms with E-state index in [0.29, 0.717) is 6.54 Å². The molecule has 0 saturated heterocycles. The van der Waals surface area contributed by atoms with Crippen molar-refractivity contribution in [2.45, 2.75) is 39.3 Å². The summed E-state index contributed by atoms with van der Waals surface area (Å²) in [6.07, 6.45) is 2.13. The van der Waals surface area contributed by atoms with E-state index in [0.717, 1.165) is 23.9 Å². The predicted octanol–water partition coefficient (Wildman–Crippen LogP) is 2.91. The number of amides is 1. The molecule has 0 saturated carbocycles. The van der Waals surface area contributed by atoms with Crippen LogP contribution in [0.4, 0.5) is 0 Å². The summed E-state index contributed by atoms with van der Waals surface area (Å²) in [5.41, 5.74) is 0. The van der Waals surface area contributed by atoms with E-state index >= 15 is 0 Å². The average Bonchev–Trinajstić information content (AvgIpc) is 2.64. The number of nitrogens with one attached hydrogen (secondary N) is 2. The van der Waals surface area contributed by atoms with Crippen LogP contribution in [0.5, 0.6) is 0 Å². The van der Waals surface area contributed by atoms with Gasteiger partial charge in [0.1, 0.15) is 0 Å². The van der Waals surface area contributed by atoms with Crippen molar-refractivity contribution in [3.8, 4) is 0 Å². The van der Waals surface area contributed by atoms with Crippen LogP contribution in [-0.4, -0.2) is 18.5 Å². The third kappa shape index (κ3) is 6.19. The Bertz CT molecular complexity index is 354. The Kier molecular flexibility index (Phi) is 6.77. The highest BCUT2D eigenvalue weighted by Crippen LogP contribution is 2.19. The van der Waals surface area contributed by atoms with Gasteiger partial charge in [0.05, 0.1) is 6.54 Å². The number of hydrogen-bond acceptors (Lipinski definition) is 3. The minimum absolute atomic E-state index is 0.0709. The lowest BCUT2D eigenvalue weighted by Crippen LogP contribution is -2.38. The minimum atomic E-state index is 0.0709. The molecule has 0 aromatic carbocycles. The van der Waals surface area contributed by atoms with Crippen LogP contribution in [0.2, 0.25) is 0 Å². The largest absolute Gasteiger partial charge is 0.353 e. The fourth-order valence-corrected chi connectivity index (χ4v) is 3.00. The molecular formula is C12H19BrN2OS. The number of carbonyl (C=O) groups is 1. The van der Waals surface area contributed by atoms with Gasteiger partial charge >= 0.3 is 0 Å². The summed E-state index contributed by atoms with van der Waals surface area (Å²) < 4.78 is 1.10. The van der Waals surface area contributed by atoms with E-state index in [1.165, 1.54) is 4.88 Å². The van der Waals surface area contributed by atoms with Gasteiger partial charge in [0.2, 0.25) is 5.91 Å². The molecule has 5 heteroatoms. The fourth-order valence-electron chi connectivity index (χ4n) is 1.58. The Labute approximate surface area is 115 Å². The maximum Gasteiger partial charge on any atom is 0.234 e.